The van der Waals surface area contributed by atoms with Crippen LogP contribution in [0, 0.1) is 0 Å². The van der Waals surface area contributed by atoms with Gasteiger partial charge in [0.25, 0.3) is 0 Å². The van der Waals surface area contributed by atoms with Crippen molar-refractivity contribution in [1.29, 1.82) is 0 Å². The van der Waals surface area contributed by atoms with E-state index in [2.05, 4.69) is 0 Å². The first-order chi connectivity index (χ1) is 7.11. The molecule has 2 unspecified atom stereocenters. The third-order valence-electron chi connectivity index (χ3n) is 2.36. The van der Waals surface area contributed by atoms with Gasteiger partial charge in [0, 0.05) is 6.61 Å². The second-order valence-corrected chi connectivity index (χ2v) is 3.56. The van der Waals surface area contributed by atoms with Crippen LogP contribution in [0.3, 0.4) is 0 Å². The summed E-state index contributed by atoms with van der Waals surface area (Å²) >= 11 is 0. The van der Waals surface area contributed by atoms with Crippen LogP contribution in [0.5, 0.6) is 0 Å². The largest absolute Gasteiger partial charge is 0.394 e. The molecule has 0 radical (unpaired) electrons. The van der Waals surface area contributed by atoms with Gasteiger partial charge in [0.15, 0.2) is 6.29 Å². The van der Waals surface area contributed by atoms with Gasteiger partial charge in [-0.05, 0) is 6.42 Å². The molecule has 0 aromatic heterocycles. The van der Waals surface area contributed by atoms with Gasteiger partial charge < -0.3 is 29.9 Å². The predicted molar refractivity (Wildman–Crippen MR) is 50.0 cm³/mol. The second-order valence-electron chi connectivity index (χ2n) is 3.56. The first kappa shape index (κ1) is 12.8. The molecule has 1 saturated heterocycles. The molecule has 0 aromatic carbocycles. The molecular weight excluding hydrogens is 204 g/mol. The highest BCUT2D eigenvalue weighted by Crippen LogP contribution is 2.22. The van der Waals surface area contributed by atoms with E-state index in [0.29, 0.717) is 6.61 Å². The molecule has 0 aliphatic carbocycles. The summed E-state index contributed by atoms with van der Waals surface area (Å²) < 4.78 is 10.1. The van der Waals surface area contributed by atoms with Gasteiger partial charge in [-0.15, -0.1) is 0 Å². The number of ether oxygens (including phenoxy) is 2. The van der Waals surface area contributed by atoms with Crippen molar-refractivity contribution < 1.29 is 29.9 Å². The zero-order chi connectivity index (χ0) is 11.4. The number of aliphatic hydroxyl groups is 4. The Kier molecular flexibility index (Phi) is 4.91. The van der Waals surface area contributed by atoms with Crippen molar-refractivity contribution in [2.45, 2.75) is 44.1 Å². The lowest BCUT2D eigenvalue weighted by Gasteiger charge is -2.39. The van der Waals surface area contributed by atoms with Crippen LogP contribution in [0.2, 0.25) is 0 Å². The molecule has 1 aliphatic heterocycles. The summed E-state index contributed by atoms with van der Waals surface area (Å²) in [7, 11) is 0. The maximum atomic E-state index is 9.61. The SMILES string of the molecule is CCCO[C@@H]1C(O)[C@H](O)C(CO)O[C@@H]1O. The zero-order valence-electron chi connectivity index (χ0n) is 8.61. The van der Waals surface area contributed by atoms with Gasteiger partial charge in [0.1, 0.15) is 24.4 Å². The van der Waals surface area contributed by atoms with Crippen molar-refractivity contribution >= 4 is 0 Å². The van der Waals surface area contributed by atoms with Crippen LogP contribution >= 0.6 is 0 Å². The minimum absolute atomic E-state index is 0.360. The Hall–Kier alpha value is -0.240. The van der Waals surface area contributed by atoms with E-state index < -0.39 is 37.3 Å². The lowest BCUT2D eigenvalue weighted by molar-refractivity contribution is -0.296. The fraction of sp³-hybridized carbons (Fsp3) is 1.00. The van der Waals surface area contributed by atoms with Gasteiger partial charge in [-0.25, -0.2) is 0 Å². The van der Waals surface area contributed by atoms with Crippen LogP contribution in [0.1, 0.15) is 13.3 Å². The van der Waals surface area contributed by atoms with Gasteiger partial charge in [-0.1, -0.05) is 6.92 Å². The molecule has 0 saturated carbocycles. The van der Waals surface area contributed by atoms with Crippen LogP contribution in [0.15, 0.2) is 0 Å². The molecule has 0 amide bonds. The first-order valence-corrected chi connectivity index (χ1v) is 5.04. The topological polar surface area (TPSA) is 99.4 Å². The molecule has 15 heavy (non-hydrogen) atoms. The molecule has 90 valence electrons. The molecular formula is C9H18O6. The van der Waals surface area contributed by atoms with E-state index in [1.54, 1.807) is 0 Å². The maximum Gasteiger partial charge on any atom is 0.184 e. The standard InChI is InChI=1S/C9H18O6/c1-2-3-14-8-7(12)6(11)5(4-10)15-9(8)13/h5-13H,2-4H2,1H3/t5?,6-,7?,8-,9+/m1/s1. The first-order valence-electron chi connectivity index (χ1n) is 5.04. The number of hydrogen-bond donors (Lipinski definition) is 4. The van der Waals surface area contributed by atoms with Crippen molar-refractivity contribution in [2.75, 3.05) is 13.2 Å². The summed E-state index contributed by atoms with van der Waals surface area (Å²) in [6.45, 7) is 1.78. The zero-order valence-corrected chi connectivity index (χ0v) is 8.61. The highest BCUT2D eigenvalue weighted by atomic mass is 16.7. The number of rotatable bonds is 4. The van der Waals surface area contributed by atoms with Crippen LogP contribution in [0.25, 0.3) is 0 Å². The second kappa shape index (κ2) is 5.74. The average molecular weight is 222 g/mol. The van der Waals surface area contributed by atoms with Gasteiger partial charge in [-0.2, -0.15) is 0 Å². The van der Waals surface area contributed by atoms with Gasteiger partial charge in [0.05, 0.1) is 6.61 Å². The Labute approximate surface area is 88.1 Å². The summed E-state index contributed by atoms with van der Waals surface area (Å²) in [5.41, 5.74) is 0. The molecule has 1 rings (SSSR count). The third-order valence-corrected chi connectivity index (χ3v) is 2.36. The normalized spacial score (nSPS) is 41.8. The Morgan fingerprint density at radius 3 is 2.40 bits per heavy atom. The fourth-order valence-corrected chi connectivity index (χ4v) is 1.51. The molecule has 0 spiro atoms. The highest BCUT2D eigenvalue weighted by Gasteiger charge is 2.44. The van der Waals surface area contributed by atoms with E-state index in [-0.39, 0.29) is 0 Å². The van der Waals surface area contributed by atoms with Crippen molar-refractivity contribution in [3.8, 4) is 0 Å². The molecule has 6 heteroatoms. The van der Waals surface area contributed by atoms with Gasteiger partial charge in [-0.3, -0.25) is 0 Å². The summed E-state index contributed by atoms with van der Waals surface area (Å²) in [6, 6.07) is 0. The van der Waals surface area contributed by atoms with E-state index >= 15 is 0 Å². The van der Waals surface area contributed by atoms with Crippen molar-refractivity contribution in [3.05, 3.63) is 0 Å². The van der Waals surface area contributed by atoms with Gasteiger partial charge in [0.2, 0.25) is 0 Å². The monoisotopic (exact) mass is 222 g/mol. The Balaban J connectivity index is 2.58. The molecule has 6 nitrogen and oxygen atoms in total. The minimum atomic E-state index is -1.33. The third kappa shape index (κ3) is 2.87. The predicted octanol–water partition coefficient (Wildman–Crippen LogP) is -1.79. The van der Waals surface area contributed by atoms with Gasteiger partial charge >= 0.3 is 0 Å². The maximum absolute atomic E-state index is 9.61. The van der Waals surface area contributed by atoms with Crippen LogP contribution in [-0.4, -0.2) is 64.3 Å². The molecule has 5 atom stereocenters. The van der Waals surface area contributed by atoms with Crippen LogP contribution < -0.4 is 0 Å². The summed E-state index contributed by atoms with van der Waals surface area (Å²) in [5, 5.41) is 37.4. The molecule has 1 fully saturated rings. The summed E-state index contributed by atoms with van der Waals surface area (Å²) in [5.74, 6) is 0. The Morgan fingerprint density at radius 2 is 1.87 bits per heavy atom. The molecule has 4 N–H and O–H groups in total. The lowest BCUT2D eigenvalue weighted by atomic mass is 9.99. The Bertz CT molecular complexity index is 187. The van der Waals surface area contributed by atoms with Crippen LogP contribution in [-0.2, 0) is 9.47 Å². The molecule has 1 heterocycles. The quantitative estimate of drug-likeness (QED) is 0.448. The van der Waals surface area contributed by atoms with Crippen molar-refractivity contribution in [2.24, 2.45) is 0 Å². The molecule has 0 bridgehead atoms. The van der Waals surface area contributed by atoms with E-state index in [1.165, 1.54) is 0 Å². The van der Waals surface area contributed by atoms with Crippen LogP contribution in [0.4, 0.5) is 0 Å². The Morgan fingerprint density at radius 1 is 1.20 bits per heavy atom. The van der Waals surface area contributed by atoms with E-state index in [4.69, 9.17) is 14.6 Å². The van der Waals surface area contributed by atoms with E-state index in [0.717, 1.165) is 6.42 Å². The average Bonchev–Trinajstić information content (AvgIpc) is 2.23. The van der Waals surface area contributed by atoms with E-state index in [1.807, 2.05) is 6.92 Å². The fourth-order valence-electron chi connectivity index (χ4n) is 1.51. The van der Waals surface area contributed by atoms with Crippen molar-refractivity contribution in [3.63, 3.8) is 0 Å². The minimum Gasteiger partial charge on any atom is -0.394 e. The lowest BCUT2D eigenvalue weighted by Crippen LogP contribution is -2.59. The molecule has 1 aliphatic rings. The van der Waals surface area contributed by atoms with E-state index in [9.17, 15) is 15.3 Å². The summed E-state index contributed by atoms with van der Waals surface area (Å²) in [4.78, 5) is 0. The molecule has 0 aromatic rings. The van der Waals surface area contributed by atoms with Crippen molar-refractivity contribution in [1.82, 2.24) is 0 Å². The number of aliphatic hydroxyl groups excluding tert-OH is 4. The number of hydrogen-bond acceptors (Lipinski definition) is 6. The summed E-state index contributed by atoms with van der Waals surface area (Å²) in [6.07, 6.45) is -5.04. The highest BCUT2D eigenvalue weighted by molar-refractivity contribution is 4.89. The smallest absolute Gasteiger partial charge is 0.184 e.